The first-order valence-electron chi connectivity index (χ1n) is 5.66. The Morgan fingerprint density at radius 3 is 3.00 bits per heavy atom. The van der Waals surface area contributed by atoms with Gasteiger partial charge in [0.15, 0.2) is 6.23 Å². The Balaban J connectivity index is 2.39. The maximum Gasteiger partial charge on any atom is 0.351 e. The van der Waals surface area contributed by atoms with Crippen molar-refractivity contribution in [3.8, 4) is 0 Å². The molecule has 19 heavy (non-hydrogen) atoms. The van der Waals surface area contributed by atoms with E-state index in [2.05, 4.69) is 20.9 Å². The molecule has 1 aromatic rings. The van der Waals surface area contributed by atoms with Crippen LogP contribution in [0.25, 0.3) is 6.08 Å². The highest BCUT2D eigenvalue weighted by Crippen LogP contribution is 2.28. The molecule has 0 aromatic carbocycles. The lowest BCUT2D eigenvalue weighted by Gasteiger charge is -2.17. The maximum absolute atomic E-state index is 11.8. The summed E-state index contributed by atoms with van der Waals surface area (Å²) < 4.78 is 6.59. The first-order chi connectivity index (χ1) is 9.06. The molecule has 0 unspecified atom stereocenters. The van der Waals surface area contributed by atoms with Crippen LogP contribution in [0, 0.1) is 0 Å². The van der Waals surface area contributed by atoms with Gasteiger partial charge < -0.3 is 20.7 Å². The number of hydrogen-bond acceptors (Lipinski definition) is 6. The highest BCUT2D eigenvalue weighted by atomic mass is 79.9. The summed E-state index contributed by atoms with van der Waals surface area (Å²) in [6.45, 7) is -0.209. The summed E-state index contributed by atoms with van der Waals surface area (Å²) in [5.74, 6) is 0.100. The zero-order chi connectivity index (χ0) is 14.0. The summed E-state index contributed by atoms with van der Waals surface area (Å²) in [6.07, 6.45) is 1.14. The molecule has 0 aliphatic carbocycles. The second kappa shape index (κ2) is 5.83. The molecule has 3 atom stereocenters. The van der Waals surface area contributed by atoms with Crippen LogP contribution in [0.3, 0.4) is 0 Å². The molecule has 1 aromatic heterocycles. The van der Waals surface area contributed by atoms with Crippen LogP contribution in [0.15, 0.2) is 16.0 Å². The van der Waals surface area contributed by atoms with Gasteiger partial charge in [0.05, 0.1) is 12.7 Å². The summed E-state index contributed by atoms with van der Waals surface area (Å²) in [7, 11) is 0. The van der Waals surface area contributed by atoms with E-state index in [-0.39, 0.29) is 18.8 Å². The van der Waals surface area contributed by atoms with E-state index >= 15 is 0 Å². The Morgan fingerprint density at radius 2 is 2.42 bits per heavy atom. The molecule has 0 radical (unpaired) electrons. The molecule has 2 rings (SSSR count). The fraction of sp³-hybridized carbons (Fsp3) is 0.455. The second-order valence-corrected chi connectivity index (χ2v) is 4.73. The van der Waals surface area contributed by atoms with Crippen molar-refractivity contribution in [1.82, 2.24) is 9.55 Å². The second-order valence-electron chi connectivity index (χ2n) is 4.20. The molecular weight excluding hydrogens is 318 g/mol. The molecule has 0 spiro atoms. The lowest BCUT2D eigenvalue weighted by atomic mass is 10.2. The van der Waals surface area contributed by atoms with Crippen LogP contribution < -0.4 is 11.4 Å². The smallest absolute Gasteiger partial charge is 0.351 e. The molecular formula is C11H14BrN3O4. The Bertz CT molecular complexity index is 545. The topological polar surface area (TPSA) is 111 Å². The zero-order valence-corrected chi connectivity index (χ0v) is 11.5. The predicted octanol–water partition coefficient (Wildman–Crippen LogP) is -0.168. The molecule has 2 heterocycles. The van der Waals surface area contributed by atoms with E-state index in [4.69, 9.17) is 15.6 Å². The summed E-state index contributed by atoms with van der Waals surface area (Å²) in [5, 5.41) is 18.9. The molecule has 4 N–H and O–H groups in total. The number of nitrogens with two attached hydrogens (primary N) is 1. The van der Waals surface area contributed by atoms with Crippen LogP contribution in [0.1, 0.15) is 18.2 Å². The van der Waals surface area contributed by atoms with Crippen LogP contribution in [0.5, 0.6) is 0 Å². The molecule has 104 valence electrons. The minimum Gasteiger partial charge on any atom is -0.394 e. The largest absolute Gasteiger partial charge is 0.394 e. The molecule has 1 aliphatic rings. The van der Waals surface area contributed by atoms with Crippen LogP contribution in [-0.4, -0.2) is 38.6 Å². The minimum atomic E-state index is -0.874. The van der Waals surface area contributed by atoms with Crippen LogP contribution in [-0.2, 0) is 4.74 Å². The van der Waals surface area contributed by atoms with Gasteiger partial charge in [-0.15, -0.1) is 0 Å². The highest BCUT2D eigenvalue weighted by Gasteiger charge is 2.35. The van der Waals surface area contributed by atoms with E-state index in [9.17, 15) is 9.90 Å². The summed E-state index contributed by atoms with van der Waals surface area (Å²) >= 11 is 3.11. The van der Waals surface area contributed by atoms with Gasteiger partial charge in [-0.2, -0.15) is 4.98 Å². The molecule has 1 fully saturated rings. The average Bonchev–Trinajstić information content (AvgIpc) is 2.74. The van der Waals surface area contributed by atoms with Gasteiger partial charge in [-0.05, 0) is 11.1 Å². The zero-order valence-electron chi connectivity index (χ0n) is 9.94. The third kappa shape index (κ3) is 2.86. The van der Waals surface area contributed by atoms with Crippen molar-refractivity contribution in [3.05, 3.63) is 27.2 Å². The lowest BCUT2D eigenvalue weighted by molar-refractivity contribution is -0.0529. The van der Waals surface area contributed by atoms with Gasteiger partial charge in [0.2, 0.25) is 0 Å². The number of ether oxygens (including phenoxy) is 1. The predicted molar refractivity (Wildman–Crippen MR) is 72.5 cm³/mol. The molecule has 1 saturated heterocycles. The standard InChI is InChI=1S/C11H14BrN3O4/c12-2-1-6-4-15(11(18)14-9(6)13)10-8(17)3-7(5-16)19-10/h1-2,4,7-8,10,16-17H,3,5H2,(H2,13,14,18)/b2-1+/t7-,8+,10+/m0/s1. The minimum absolute atomic E-state index is 0.100. The summed E-state index contributed by atoms with van der Waals surface area (Å²) in [6, 6.07) is 0. The number of hydrogen-bond donors (Lipinski definition) is 3. The van der Waals surface area contributed by atoms with E-state index in [1.54, 1.807) is 11.1 Å². The first-order valence-corrected chi connectivity index (χ1v) is 6.58. The number of aliphatic hydroxyl groups is 2. The van der Waals surface area contributed by atoms with E-state index in [0.29, 0.717) is 5.56 Å². The van der Waals surface area contributed by atoms with Gasteiger partial charge in [0.25, 0.3) is 0 Å². The monoisotopic (exact) mass is 331 g/mol. The van der Waals surface area contributed by atoms with E-state index in [1.807, 2.05) is 0 Å². The number of anilines is 1. The Hall–Kier alpha value is -1.22. The number of nitrogen functional groups attached to an aromatic ring is 1. The van der Waals surface area contributed by atoms with Crippen LogP contribution in [0.4, 0.5) is 5.82 Å². The van der Waals surface area contributed by atoms with E-state index in [1.165, 1.54) is 10.8 Å². The SMILES string of the molecule is Nc1nc(=O)n([C@@H]2O[C@H](CO)C[C@H]2O)cc1/C=C/Br. The molecule has 1 aliphatic heterocycles. The Morgan fingerprint density at radius 1 is 1.68 bits per heavy atom. The third-order valence-corrected chi connectivity index (χ3v) is 3.16. The van der Waals surface area contributed by atoms with Crippen molar-refractivity contribution >= 4 is 27.8 Å². The van der Waals surface area contributed by atoms with Crippen molar-refractivity contribution in [2.24, 2.45) is 0 Å². The Kier molecular flexibility index (Phi) is 4.35. The fourth-order valence-corrected chi connectivity index (χ4v) is 2.26. The number of aliphatic hydroxyl groups excluding tert-OH is 2. The van der Waals surface area contributed by atoms with Gasteiger partial charge in [0, 0.05) is 18.2 Å². The molecule has 0 saturated carbocycles. The van der Waals surface area contributed by atoms with Crippen molar-refractivity contribution < 1.29 is 14.9 Å². The molecule has 0 amide bonds. The number of rotatable bonds is 3. The van der Waals surface area contributed by atoms with Crippen LogP contribution in [0.2, 0.25) is 0 Å². The normalized spacial score (nSPS) is 27.2. The highest BCUT2D eigenvalue weighted by molar-refractivity contribution is 9.11. The van der Waals surface area contributed by atoms with Crippen molar-refractivity contribution in [1.29, 1.82) is 0 Å². The number of aromatic nitrogens is 2. The van der Waals surface area contributed by atoms with Crippen LogP contribution >= 0.6 is 15.9 Å². The molecule has 8 heteroatoms. The quantitative estimate of drug-likeness (QED) is 0.709. The third-order valence-electron chi connectivity index (χ3n) is 2.90. The van der Waals surface area contributed by atoms with E-state index < -0.39 is 24.1 Å². The molecule has 0 bridgehead atoms. The summed E-state index contributed by atoms with van der Waals surface area (Å²) in [4.78, 5) is 17.1. The maximum atomic E-state index is 11.8. The van der Waals surface area contributed by atoms with Gasteiger partial charge in [-0.1, -0.05) is 15.9 Å². The van der Waals surface area contributed by atoms with E-state index in [0.717, 1.165) is 0 Å². The molecule has 7 nitrogen and oxygen atoms in total. The van der Waals surface area contributed by atoms with Crippen molar-refractivity contribution in [3.63, 3.8) is 0 Å². The number of nitrogens with zero attached hydrogens (tertiary/aromatic N) is 2. The summed E-state index contributed by atoms with van der Waals surface area (Å²) in [5.41, 5.74) is 5.55. The fourth-order valence-electron chi connectivity index (χ4n) is 1.97. The lowest BCUT2D eigenvalue weighted by Crippen LogP contribution is -2.32. The van der Waals surface area contributed by atoms with Crippen molar-refractivity contribution in [2.45, 2.75) is 24.9 Å². The van der Waals surface area contributed by atoms with Gasteiger partial charge >= 0.3 is 5.69 Å². The van der Waals surface area contributed by atoms with Gasteiger partial charge in [0.1, 0.15) is 11.9 Å². The van der Waals surface area contributed by atoms with Crippen molar-refractivity contribution in [2.75, 3.05) is 12.3 Å². The van der Waals surface area contributed by atoms with Gasteiger partial charge in [-0.3, -0.25) is 4.57 Å². The first kappa shape index (κ1) is 14.2. The number of halogens is 1. The average molecular weight is 332 g/mol. The Labute approximate surface area is 117 Å². The van der Waals surface area contributed by atoms with Gasteiger partial charge in [-0.25, -0.2) is 4.79 Å².